The van der Waals surface area contributed by atoms with Crippen LogP contribution in [0.2, 0.25) is 0 Å². The Morgan fingerprint density at radius 3 is 2.68 bits per heavy atom. The van der Waals surface area contributed by atoms with Crippen LogP contribution in [0, 0.1) is 5.41 Å². The number of amides is 1. The molecule has 2 unspecified atom stereocenters. The summed E-state index contributed by atoms with van der Waals surface area (Å²) in [5.74, 6) is -1.26. The average molecular weight is 272 g/mol. The van der Waals surface area contributed by atoms with E-state index in [4.69, 9.17) is 10.5 Å². The van der Waals surface area contributed by atoms with Crippen LogP contribution in [0.3, 0.4) is 0 Å². The summed E-state index contributed by atoms with van der Waals surface area (Å²) in [4.78, 5) is 25.2. The maximum atomic E-state index is 12.3. The summed E-state index contributed by atoms with van der Waals surface area (Å²) in [6.07, 6.45) is 2.00. The van der Waals surface area contributed by atoms with Crippen molar-refractivity contribution in [1.29, 1.82) is 0 Å². The second-order valence-electron chi connectivity index (χ2n) is 5.75. The molecular formula is C13H24N2O4. The first-order valence-corrected chi connectivity index (χ1v) is 6.59. The number of carbonyl (C=O) groups excluding carboxylic acids is 1. The van der Waals surface area contributed by atoms with Gasteiger partial charge in [0.25, 0.3) is 0 Å². The van der Waals surface area contributed by atoms with Gasteiger partial charge in [-0.2, -0.15) is 0 Å². The number of aliphatic carboxylic acids is 1. The summed E-state index contributed by atoms with van der Waals surface area (Å²) in [5, 5.41) is 9.39. The van der Waals surface area contributed by atoms with Crippen LogP contribution in [0.4, 0.5) is 0 Å². The Hall–Kier alpha value is -1.14. The second-order valence-corrected chi connectivity index (χ2v) is 5.75. The first-order chi connectivity index (χ1) is 8.81. The van der Waals surface area contributed by atoms with Gasteiger partial charge in [0.1, 0.15) is 6.04 Å². The zero-order chi connectivity index (χ0) is 14.6. The Kier molecular flexibility index (Phi) is 5.31. The van der Waals surface area contributed by atoms with E-state index in [0.717, 1.165) is 12.8 Å². The van der Waals surface area contributed by atoms with Crippen molar-refractivity contribution < 1.29 is 19.4 Å². The van der Waals surface area contributed by atoms with Gasteiger partial charge in [-0.15, -0.1) is 0 Å². The van der Waals surface area contributed by atoms with Gasteiger partial charge in [0.15, 0.2) is 0 Å². The summed E-state index contributed by atoms with van der Waals surface area (Å²) in [5.41, 5.74) is 5.39. The van der Waals surface area contributed by atoms with Gasteiger partial charge in [-0.3, -0.25) is 4.79 Å². The Morgan fingerprint density at radius 1 is 1.53 bits per heavy atom. The molecule has 1 saturated heterocycles. The molecule has 3 N–H and O–H groups in total. The van der Waals surface area contributed by atoms with Crippen molar-refractivity contribution in [3.63, 3.8) is 0 Å². The van der Waals surface area contributed by atoms with E-state index in [2.05, 4.69) is 0 Å². The molecule has 19 heavy (non-hydrogen) atoms. The fourth-order valence-electron chi connectivity index (χ4n) is 2.68. The minimum atomic E-state index is -0.961. The number of carbonyl (C=O) groups is 2. The maximum absolute atomic E-state index is 12.3. The molecule has 0 radical (unpaired) electrons. The lowest BCUT2D eigenvalue weighted by Gasteiger charge is -2.44. The third-order valence-corrected chi connectivity index (χ3v) is 3.74. The molecule has 1 aliphatic heterocycles. The molecule has 1 fully saturated rings. The second kappa shape index (κ2) is 6.34. The number of rotatable bonds is 5. The van der Waals surface area contributed by atoms with E-state index in [1.54, 1.807) is 7.11 Å². The van der Waals surface area contributed by atoms with Crippen LogP contribution >= 0.6 is 0 Å². The van der Waals surface area contributed by atoms with Gasteiger partial charge >= 0.3 is 5.97 Å². The first-order valence-electron chi connectivity index (χ1n) is 6.59. The lowest BCUT2D eigenvalue weighted by molar-refractivity contribution is -0.159. The van der Waals surface area contributed by atoms with Crippen molar-refractivity contribution in [1.82, 2.24) is 4.90 Å². The molecule has 2 atom stereocenters. The van der Waals surface area contributed by atoms with Crippen molar-refractivity contribution in [3.05, 3.63) is 0 Å². The number of methoxy groups -OCH3 is 1. The van der Waals surface area contributed by atoms with E-state index < -0.39 is 23.5 Å². The minimum absolute atomic E-state index is 0.294. The van der Waals surface area contributed by atoms with Crippen molar-refractivity contribution in [3.8, 4) is 0 Å². The number of carboxylic acid groups (broad SMARTS) is 1. The van der Waals surface area contributed by atoms with E-state index in [-0.39, 0.29) is 5.91 Å². The van der Waals surface area contributed by atoms with Gasteiger partial charge in [0, 0.05) is 20.3 Å². The molecule has 0 aromatic carbocycles. The van der Waals surface area contributed by atoms with Crippen molar-refractivity contribution in [2.24, 2.45) is 11.1 Å². The third kappa shape index (κ3) is 3.67. The summed E-state index contributed by atoms with van der Waals surface area (Å²) >= 11 is 0. The number of piperidine rings is 1. The zero-order valence-electron chi connectivity index (χ0n) is 11.9. The lowest BCUT2D eigenvalue weighted by atomic mass is 9.76. The largest absolute Gasteiger partial charge is 0.480 e. The smallest absolute Gasteiger partial charge is 0.326 e. The van der Waals surface area contributed by atoms with E-state index >= 15 is 0 Å². The Balaban J connectivity index is 2.83. The predicted molar refractivity (Wildman–Crippen MR) is 70.6 cm³/mol. The molecule has 6 heteroatoms. The van der Waals surface area contributed by atoms with Gasteiger partial charge < -0.3 is 20.5 Å². The molecule has 1 aliphatic rings. The highest BCUT2D eigenvalue weighted by Crippen LogP contribution is 2.35. The van der Waals surface area contributed by atoms with Crippen molar-refractivity contribution >= 4 is 11.9 Å². The van der Waals surface area contributed by atoms with E-state index in [1.807, 2.05) is 13.8 Å². The highest BCUT2D eigenvalue weighted by Gasteiger charge is 2.45. The molecule has 1 amide bonds. The summed E-state index contributed by atoms with van der Waals surface area (Å²) in [6, 6.07) is -1.50. The Bertz CT molecular complexity index is 344. The molecule has 0 spiro atoms. The van der Waals surface area contributed by atoms with Gasteiger partial charge in [-0.05, 0) is 24.7 Å². The Labute approximate surface area is 113 Å². The normalized spacial score (nSPS) is 24.0. The van der Waals surface area contributed by atoms with Gasteiger partial charge in [0.05, 0.1) is 6.04 Å². The van der Waals surface area contributed by atoms with Crippen LogP contribution in [0.5, 0.6) is 0 Å². The highest BCUT2D eigenvalue weighted by molar-refractivity contribution is 5.87. The number of ether oxygens (including phenoxy) is 1. The topological polar surface area (TPSA) is 92.9 Å². The first kappa shape index (κ1) is 15.9. The lowest BCUT2D eigenvalue weighted by Crippen LogP contribution is -2.59. The zero-order valence-corrected chi connectivity index (χ0v) is 11.9. The molecule has 6 nitrogen and oxygen atoms in total. The van der Waals surface area contributed by atoms with Gasteiger partial charge in [-0.25, -0.2) is 4.79 Å². The van der Waals surface area contributed by atoms with E-state index in [9.17, 15) is 14.7 Å². The van der Waals surface area contributed by atoms with E-state index in [1.165, 1.54) is 4.90 Å². The molecule has 0 aromatic rings. The van der Waals surface area contributed by atoms with Crippen molar-refractivity contribution in [2.75, 3.05) is 20.3 Å². The van der Waals surface area contributed by atoms with Crippen LogP contribution < -0.4 is 5.73 Å². The minimum Gasteiger partial charge on any atom is -0.480 e. The van der Waals surface area contributed by atoms with Crippen LogP contribution in [0.1, 0.15) is 33.1 Å². The highest BCUT2D eigenvalue weighted by atomic mass is 16.5. The number of nitrogens with two attached hydrogens (primary N) is 1. The number of hydrogen-bond acceptors (Lipinski definition) is 4. The third-order valence-electron chi connectivity index (χ3n) is 3.74. The molecule has 1 rings (SSSR count). The SMILES string of the molecule is COCCC(N)C(=O)N1CCCC(C)(C)C1C(=O)O. The fourth-order valence-corrected chi connectivity index (χ4v) is 2.68. The standard InChI is InChI=1S/C13H24N2O4/c1-13(2)6-4-7-15(10(13)12(17)18)11(16)9(14)5-8-19-3/h9-10H,4-8,14H2,1-3H3,(H,17,18). The summed E-state index contributed by atoms with van der Waals surface area (Å²) in [6.45, 7) is 4.61. The molecule has 0 aromatic heterocycles. The predicted octanol–water partition coefficient (Wildman–Crippen LogP) is 0.452. The quantitative estimate of drug-likeness (QED) is 0.758. The molecule has 1 heterocycles. The molecular weight excluding hydrogens is 248 g/mol. The fraction of sp³-hybridized carbons (Fsp3) is 0.846. The maximum Gasteiger partial charge on any atom is 0.326 e. The monoisotopic (exact) mass is 272 g/mol. The number of likely N-dealkylation sites (tertiary alicyclic amines) is 1. The molecule has 0 bridgehead atoms. The van der Waals surface area contributed by atoms with Crippen molar-refractivity contribution in [2.45, 2.75) is 45.2 Å². The molecule has 0 aliphatic carbocycles. The number of carboxylic acids is 1. The van der Waals surface area contributed by atoms with Gasteiger partial charge in [-0.1, -0.05) is 13.8 Å². The van der Waals surface area contributed by atoms with Crippen LogP contribution in [0.25, 0.3) is 0 Å². The van der Waals surface area contributed by atoms with Crippen LogP contribution in [-0.4, -0.2) is 54.2 Å². The van der Waals surface area contributed by atoms with E-state index in [0.29, 0.717) is 19.6 Å². The van der Waals surface area contributed by atoms with Crippen LogP contribution in [0.15, 0.2) is 0 Å². The average Bonchev–Trinajstić information content (AvgIpc) is 2.32. The molecule has 110 valence electrons. The summed E-state index contributed by atoms with van der Waals surface area (Å²) in [7, 11) is 1.54. The summed E-state index contributed by atoms with van der Waals surface area (Å²) < 4.78 is 4.90. The van der Waals surface area contributed by atoms with Gasteiger partial charge in [0.2, 0.25) is 5.91 Å². The number of hydrogen-bond donors (Lipinski definition) is 2. The van der Waals surface area contributed by atoms with Crippen LogP contribution in [-0.2, 0) is 14.3 Å². The molecule has 0 saturated carbocycles. The number of nitrogens with zero attached hydrogens (tertiary/aromatic N) is 1. The Morgan fingerprint density at radius 2 is 2.16 bits per heavy atom.